The van der Waals surface area contributed by atoms with Crippen molar-refractivity contribution in [2.24, 2.45) is 13.0 Å². The van der Waals surface area contributed by atoms with E-state index in [2.05, 4.69) is 29.0 Å². The number of ether oxygens (including phenoxy) is 2. The van der Waals surface area contributed by atoms with Gasteiger partial charge in [0.2, 0.25) is 0 Å². The molecule has 4 rings (SSSR count). The number of aryl methyl sites for hydroxylation is 1. The third-order valence-corrected chi connectivity index (χ3v) is 5.85. The number of carbonyl (C=O) groups is 1. The van der Waals surface area contributed by atoms with Gasteiger partial charge in [-0.25, -0.2) is 0 Å². The van der Waals surface area contributed by atoms with Crippen molar-refractivity contribution in [2.75, 3.05) is 6.61 Å². The second kappa shape index (κ2) is 9.50. The van der Waals surface area contributed by atoms with Gasteiger partial charge in [0.25, 0.3) is 0 Å². The number of allylic oxidation sites excluding steroid dienone is 2. The Bertz CT molecular complexity index is 1080. The Hall–Kier alpha value is -2.89. The van der Waals surface area contributed by atoms with E-state index in [1.807, 2.05) is 43.5 Å². The summed E-state index contributed by atoms with van der Waals surface area (Å²) < 4.78 is 14.7. The minimum atomic E-state index is -0.506. The van der Waals surface area contributed by atoms with E-state index in [9.17, 15) is 9.90 Å². The number of aromatic hydroxyl groups is 1. The van der Waals surface area contributed by atoms with Crippen LogP contribution in [0.5, 0.6) is 5.75 Å². The van der Waals surface area contributed by atoms with Crippen LogP contribution < -0.4 is 0 Å². The standard InChI is InChI=1S/C26H29NO4/c1-18(28)10-4-3-5-11-19-17-30-26(31-25(19)21-13-7-9-15-24(21)29)22-16-27(2)23-14-8-6-12-20(22)23/h3,5-9,12-16,19,25-26,29H,4,10-11,17H2,1-2H3/b5-3-/t19-,25+,26+/m1/s1. The lowest BCUT2D eigenvalue weighted by Gasteiger charge is -2.36. The first-order valence-corrected chi connectivity index (χ1v) is 10.8. The first kappa shape index (κ1) is 21.3. The highest BCUT2D eigenvalue weighted by molar-refractivity contribution is 5.84. The summed E-state index contributed by atoms with van der Waals surface area (Å²) in [6.07, 6.45) is 7.43. The molecule has 2 heterocycles. The fraction of sp³-hybridized carbons (Fsp3) is 0.346. The van der Waals surface area contributed by atoms with E-state index in [-0.39, 0.29) is 23.6 Å². The molecule has 162 valence electrons. The van der Waals surface area contributed by atoms with Gasteiger partial charge in [-0.15, -0.1) is 0 Å². The quantitative estimate of drug-likeness (QED) is 0.506. The van der Waals surface area contributed by atoms with E-state index >= 15 is 0 Å². The van der Waals surface area contributed by atoms with Gasteiger partial charge >= 0.3 is 0 Å². The van der Waals surface area contributed by atoms with Crippen molar-refractivity contribution in [1.82, 2.24) is 4.57 Å². The Morgan fingerprint density at radius 2 is 1.90 bits per heavy atom. The van der Waals surface area contributed by atoms with Crippen LogP contribution in [0.15, 0.2) is 66.9 Å². The first-order chi connectivity index (χ1) is 15.0. The van der Waals surface area contributed by atoms with Gasteiger partial charge < -0.3 is 23.9 Å². The van der Waals surface area contributed by atoms with Crippen LogP contribution in [0.3, 0.4) is 0 Å². The number of nitrogens with zero attached hydrogens (tertiary/aromatic N) is 1. The fourth-order valence-corrected chi connectivity index (χ4v) is 4.23. The van der Waals surface area contributed by atoms with Gasteiger partial charge in [0.15, 0.2) is 6.29 Å². The Morgan fingerprint density at radius 3 is 2.71 bits per heavy atom. The number of fused-ring (bicyclic) bond motifs is 1. The Kier molecular flexibility index (Phi) is 6.54. The van der Waals surface area contributed by atoms with Gasteiger partial charge in [-0.2, -0.15) is 0 Å². The van der Waals surface area contributed by atoms with Crippen LogP contribution in [0, 0.1) is 5.92 Å². The summed E-state index contributed by atoms with van der Waals surface area (Å²) in [5, 5.41) is 11.6. The minimum Gasteiger partial charge on any atom is -0.508 e. The topological polar surface area (TPSA) is 60.7 Å². The average Bonchev–Trinajstić information content (AvgIpc) is 3.11. The molecule has 3 aromatic rings. The first-order valence-electron chi connectivity index (χ1n) is 10.8. The molecule has 1 aromatic heterocycles. The van der Waals surface area contributed by atoms with Crippen molar-refractivity contribution >= 4 is 16.7 Å². The molecule has 3 atom stereocenters. The molecule has 1 saturated heterocycles. The number of rotatable bonds is 7. The molecule has 5 nitrogen and oxygen atoms in total. The van der Waals surface area contributed by atoms with Gasteiger partial charge in [-0.3, -0.25) is 0 Å². The number of phenols is 1. The van der Waals surface area contributed by atoms with Crippen LogP contribution in [-0.4, -0.2) is 22.1 Å². The lowest BCUT2D eigenvalue weighted by atomic mass is 9.91. The number of aromatic nitrogens is 1. The largest absolute Gasteiger partial charge is 0.508 e. The van der Waals surface area contributed by atoms with E-state index in [1.165, 1.54) is 0 Å². The monoisotopic (exact) mass is 419 g/mol. The molecule has 0 spiro atoms. The lowest BCUT2D eigenvalue weighted by molar-refractivity contribution is -0.243. The zero-order chi connectivity index (χ0) is 21.8. The molecule has 0 amide bonds. The van der Waals surface area contributed by atoms with Crippen LogP contribution in [0.2, 0.25) is 0 Å². The van der Waals surface area contributed by atoms with Crippen molar-refractivity contribution in [3.05, 3.63) is 78.0 Å². The molecule has 1 aliphatic rings. The molecule has 2 aromatic carbocycles. The van der Waals surface area contributed by atoms with Crippen molar-refractivity contribution in [1.29, 1.82) is 0 Å². The number of benzene rings is 2. The summed E-state index contributed by atoms with van der Waals surface area (Å²) in [6.45, 7) is 2.13. The van der Waals surface area contributed by atoms with Crippen molar-refractivity contribution in [3.8, 4) is 5.75 Å². The highest BCUT2D eigenvalue weighted by atomic mass is 16.7. The SMILES string of the molecule is CC(=O)CC/C=C\C[C@@H]1CO[C@H](c2cn(C)c3ccccc23)O[C@@H]1c1ccccc1O. The highest BCUT2D eigenvalue weighted by Crippen LogP contribution is 2.43. The van der Waals surface area contributed by atoms with Crippen LogP contribution in [0.4, 0.5) is 0 Å². The van der Waals surface area contributed by atoms with E-state index < -0.39 is 6.29 Å². The fourth-order valence-electron chi connectivity index (χ4n) is 4.23. The van der Waals surface area contributed by atoms with Crippen LogP contribution in [0.1, 0.15) is 49.7 Å². The molecule has 31 heavy (non-hydrogen) atoms. The molecular formula is C26H29NO4. The van der Waals surface area contributed by atoms with E-state index in [0.29, 0.717) is 13.0 Å². The molecule has 1 aliphatic heterocycles. The Balaban J connectivity index is 1.58. The molecule has 0 unspecified atom stereocenters. The average molecular weight is 420 g/mol. The summed E-state index contributed by atoms with van der Waals surface area (Å²) in [5.41, 5.74) is 2.89. The Morgan fingerprint density at radius 1 is 1.13 bits per heavy atom. The van der Waals surface area contributed by atoms with Crippen molar-refractivity contribution in [3.63, 3.8) is 0 Å². The van der Waals surface area contributed by atoms with Crippen molar-refractivity contribution < 1.29 is 19.4 Å². The minimum absolute atomic E-state index is 0.0631. The zero-order valence-corrected chi connectivity index (χ0v) is 18.0. The molecule has 1 N–H and O–H groups in total. The molecule has 1 fully saturated rings. The van der Waals surface area contributed by atoms with Crippen LogP contribution >= 0.6 is 0 Å². The number of carbonyl (C=O) groups excluding carboxylic acids is 1. The highest BCUT2D eigenvalue weighted by Gasteiger charge is 2.35. The van der Waals surface area contributed by atoms with Gasteiger partial charge in [0, 0.05) is 47.6 Å². The van der Waals surface area contributed by atoms with Gasteiger partial charge in [0.1, 0.15) is 11.5 Å². The van der Waals surface area contributed by atoms with Gasteiger partial charge in [-0.1, -0.05) is 48.6 Å². The number of Topliss-reactive ketones (excluding diaryl/α,β-unsaturated/α-hetero) is 1. The summed E-state index contributed by atoms with van der Waals surface area (Å²) in [7, 11) is 2.02. The molecule has 0 saturated carbocycles. The molecule has 5 heteroatoms. The molecular weight excluding hydrogens is 390 g/mol. The number of hydrogen-bond donors (Lipinski definition) is 1. The van der Waals surface area contributed by atoms with E-state index in [1.54, 1.807) is 13.0 Å². The predicted octanol–water partition coefficient (Wildman–Crippen LogP) is 5.60. The number of ketones is 1. The van der Waals surface area contributed by atoms with E-state index in [0.717, 1.165) is 34.9 Å². The smallest absolute Gasteiger partial charge is 0.186 e. The third kappa shape index (κ3) is 4.73. The Labute approximate surface area is 182 Å². The molecule has 0 radical (unpaired) electrons. The maximum Gasteiger partial charge on any atom is 0.186 e. The third-order valence-electron chi connectivity index (χ3n) is 5.85. The van der Waals surface area contributed by atoms with E-state index in [4.69, 9.17) is 9.47 Å². The van der Waals surface area contributed by atoms with Crippen LogP contribution in [-0.2, 0) is 21.3 Å². The van der Waals surface area contributed by atoms with Crippen molar-refractivity contribution in [2.45, 2.75) is 38.6 Å². The summed E-state index contributed by atoms with van der Waals surface area (Å²) in [4.78, 5) is 11.1. The summed E-state index contributed by atoms with van der Waals surface area (Å²) in [5.74, 6) is 0.490. The maximum atomic E-state index is 11.1. The lowest BCUT2D eigenvalue weighted by Crippen LogP contribution is -2.30. The number of para-hydroxylation sites is 2. The normalized spacial score (nSPS) is 21.7. The molecule has 0 aliphatic carbocycles. The maximum absolute atomic E-state index is 11.1. The predicted molar refractivity (Wildman–Crippen MR) is 121 cm³/mol. The zero-order valence-electron chi connectivity index (χ0n) is 18.0. The molecule has 0 bridgehead atoms. The summed E-state index contributed by atoms with van der Waals surface area (Å²) in [6, 6.07) is 15.5. The van der Waals surface area contributed by atoms with Gasteiger partial charge in [-0.05, 0) is 31.9 Å². The second-order valence-corrected chi connectivity index (χ2v) is 8.20. The van der Waals surface area contributed by atoms with Gasteiger partial charge in [0.05, 0.1) is 12.7 Å². The number of phenolic OH excluding ortho intramolecular Hbond substituents is 1. The second-order valence-electron chi connectivity index (χ2n) is 8.20. The number of hydrogen-bond acceptors (Lipinski definition) is 4. The summed E-state index contributed by atoms with van der Waals surface area (Å²) >= 11 is 0. The van der Waals surface area contributed by atoms with Crippen LogP contribution in [0.25, 0.3) is 10.9 Å².